The third-order valence-corrected chi connectivity index (χ3v) is 5.54. The fraction of sp³-hybridized carbons (Fsp3) is 0.571. The van der Waals surface area contributed by atoms with Crippen LogP contribution in [0.4, 0.5) is 11.4 Å². The standard InChI is InChI=1S/C14H23N3O2S/c1-3-14(5-4-6-14)9-17-12-7-11(15)8-13(10(12)2)20(16,18)19/h7-8,17H,3-6,9,15H2,1-2H3,(H2,16,18,19). The van der Waals surface area contributed by atoms with Gasteiger partial charge in [-0.1, -0.05) is 13.3 Å². The predicted molar refractivity (Wildman–Crippen MR) is 82.0 cm³/mol. The van der Waals surface area contributed by atoms with Crippen LogP contribution in [-0.2, 0) is 10.0 Å². The molecule has 0 unspecified atom stereocenters. The molecule has 1 saturated carbocycles. The Hall–Kier alpha value is -1.27. The topological polar surface area (TPSA) is 98.2 Å². The molecule has 1 aromatic carbocycles. The highest BCUT2D eigenvalue weighted by Gasteiger charge is 2.34. The van der Waals surface area contributed by atoms with Crippen molar-refractivity contribution in [1.29, 1.82) is 0 Å². The minimum Gasteiger partial charge on any atom is -0.399 e. The summed E-state index contributed by atoms with van der Waals surface area (Å²) >= 11 is 0. The van der Waals surface area contributed by atoms with Crippen LogP contribution in [0.25, 0.3) is 0 Å². The third kappa shape index (κ3) is 2.91. The first-order chi connectivity index (χ1) is 9.27. The Bertz CT molecular complexity index is 602. The quantitative estimate of drug-likeness (QED) is 0.726. The summed E-state index contributed by atoms with van der Waals surface area (Å²) in [5.41, 5.74) is 7.92. The fourth-order valence-corrected chi connectivity index (χ4v) is 3.64. The number of hydrogen-bond donors (Lipinski definition) is 3. The molecule has 0 saturated heterocycles. The van der Waals surface area contributed by atoms with E-state index in [1.54, 1.807) is 13.0 Å². The lowest BCUT2D eigenvalue weighted by Gasteiger charge is -2.41. The number of benzene rings is 1. The molecule has 112 valence electrons. The summed E-state index contributed by atoms with van der Waals surface area (Å²) in [5, 5.41) is 8.59. The monoisotopic (exact) mass is 297 g/mol. The zero-order valence-corrected chi connectivity index (χ0v) is 12.9. The van der Waals surface area contributed by atoms with Crippen molar-refractivity contribution in [3.63, 3.8) is 0 Å². The van der Waals surface area contributed by atoms with Crippen molar-refractivity contribution in [2.24, 2.45) is 10.6 Å². The maximum Gasteiger partial charge on any atom is 0.238 e. The molecule has 0 radical (unpaired) electrons. The predicted octanol–water partition coefficient (Wildman–Crippen LogP) is 2.22. The van der Waals surface area contributed by atoms with Gasteiger partial charge >= 0.3 is 0 Å². The molecule has 0 heterocycles. The van der Waals surface area contributed by atoms with Gasteiger partial charge in [0.15, 0.2) is 0 Å². The molecular weight excluding hydrogens is 274 g/mol. The van der Waals surface area contributed by atoms with Gasteiger partial charge < -0.3 is 11.1 Å². The molecule has 1 aromatic rings. The first kappa shape index (κ1) is 15.1. The highest BCUT2D eigenvalue weighted by Crippen LogP contribution is 2.44. The van der Waals surface area contributed by atoms with Crippen LogP contribution in [0.1, 0.15) is 38.2 Å². The van der Waals surface area contributed by atoms with Crippen molar-refractivity contribution in [1.82, 2.24) is 0 Å². The fourth-order valence-electron chi connectivity index (χ4n) is 2.80. The summed E-state index contributed by atoms with van der Waals surface area (Å²) in [6, 6.07) is 3.18. The lowest BCUT2D eigenvalue weighted by molar-refractivity contribution is 0.145. The largest absolute Gasteiger partial charge is 0.399 e. The molecule has 0 bridgehead atoms. The molecule has 0 atom stereocenters. The number of nitrogens with two attached hydrogens (primary N) is 2. The number of sulfonamides is 1. The van der Waals surface area contributed by atoms with Crippen LogP contribution in [-0.4, -0.2) is 15.0 Å². The van der Waals surface area contributed by atoms with E-state index in [2.05, 4.69) is 12.2 Å². The Kier molecular flexibility index (Phi) is 3.97. The summed E-state index contributed by atoms with van der Waals surface area (Å²) in [5.74, 6) is 0. The number of nitrogen functional groups attached to an aromatic ring is 1. The molecule has 5 nitrogen and oxygen atoms in total. The van der Waals surface area contributed by atoms with E-state index in [1.807, 2.05) is 0 Å². The van der Waals surface area contributed by atoms with E-state index in [0.717, 1.165) is 18.7 Å². The van der Waals surface area contributed by atoms with E-state index >= 15 is 0 Å². The Morgan fingerprint density at radius 3 is 2.45 bits per heavy atom. The molecule has 0 amide bonds. The molecule has 6 heteroatoms. The summed E-state index contributed by atoms with van der Waals surface area (Å²) in [7, 11) is -3.75. The normalized spacial score (nSPS) is 17.6. The van der Waals surface area contributed by atoms with Crippen molar-refractivity contribution in [2.75, 3.05) is 17.6 Å². The molecule has 0 aromatic heterocycles. The maximum atomic E-state index is 11.6. The number of primary sulfonamides is 1. The van der Waals surface area contributed by atoms with E-state index in [0.29, 0.717) is 16.7 Å². The van der Waals surface area contributed by atoms with E-state index in [1.165, 1.54) is 25.3 Å². The Morgan fingerprint density at radius 2 is 2.00 bits per heavy atom. The molecule has 1 fully saturated rings. The van der Waals surface area contributed by atoms with Gasteiger partial charge in [-0.15, -0.1) is 0 Å². The van der Waals surface area contributed by atoms with Gasteiger partial charge in [-0.05, 0) is 49.3 Å². The van der Waals surface area contributed by atoms with Crippen LogP contribution in [0.3, 0.4) is 0 Å². The highest BCUT2D eigenvalue weighted by molar-refractivity contribution is 7.89. The van der Waals surface area contributed by atoms with Crippen LogP contribution in [0.2, 0.25) is 0 Å². The lowest BCUT2D eigenvalue weighted by atomic mass is 9.67. The Balaban J connectivity index is 2.26. The minimum atomic E-state index is -3.75. The maximum absolute atomic E-state index is 11.6. The van der Waals surface area contributed by atoms with Crippen LogP contribution in [0, 0.1) is 12.3 Å². The highest BCUT2D eigenvalue weighted by atomic mass is 32.2. The van der Waals surface area contributed by atoms with Crippen LogP contribution in [0.5, 0.6) is 0 Å². The third-order valence-electron chi connectivity index (χ3n) is 4.51. The smallest absolute Gasteiger partial charge is 0.238 e. The molecule has 20 heavy (non-hydrogen) atoms. The average Bonchev–Trinajstić information content (AvgIpc) is 2.30. The number of anilines is 2. The molecule has 0 aliphatic heterocycles. The summed E-state index contributed by atoms with van der Waals surface area (Å²) in [6.07, 6.45) is 4.84. The van der Waals surface area contributed by atoms with E-state index < -0.39 is 10.0 Å². The zero-order valence-electron chi connectivity index (χ0n) is 12.1. The molecule has 0 spiro atoms. The van der Waals surface area contributed by atoms with Gasteiger partial charge in [0.2, 0.25) is 10.0 Å². The zero-order chi connectivity index (χ0) is 15.0. The second-order valence-electron chi connectivity index (χ2n) is 5.80. The number of hydrogen-bond acceptors (Lipinski definition) is 4. The Labute approximate surface area is 120 Å². The number of nitrogens with one attached hydrogen (secondary N) is 1. The van der Waals surface area contributed by atoms with Gasteiger partial charge in [0.1, 0.15) is 0 Å². The molecular formula is C14H23N3O2S. The van der Waals surface area contributed by atoms with Crippen LogP contribution < -0.4 is 16.2 Å². The van der Waals surface area contributed by atoms with E-state index in [4.69, 9.17) is 10.9 Å². The van der Waals surface area contributed by atoms with Gasteiger partial charge in [-0.2, -0.15) is 0 Å². The van der Waals surface area contributed by atoms with Gasteiger partial charge in [0.25, 0.3) is 0 Å². The van der Waals surface area contributed by atoms with Crippen molar-refractivity contribution < 1.29 is 8.42 Å². The Morgan fingerprint density at radius 1 is 1.35 bits per heavy atom. The SMILES string of the molecule is CCC1(CNc2cc(N)cc(S(N)(=O)=O)c2C)CCC1. The van der Waals surface area contributed by atoms with Crippen LogP contribution >= 0.6 is 0 Å². The molecule has 1 aliphatic rings. The van der Waals surface area contributed by atoms with E-state index in [-0.39, 0.29) is 4.90 Å². The second kappa shape index (κ2) is 5.26. The summed E-state index contributed by atoms with van der Waals surface area (Å²) in [6.45, 7) is 4.79. The minimum absolute atomic E-state index is 0.0964. The first-order valence-electron chi connectivity index (χ1n) is 6.94. The summed E-state index contributed by atoms with van der Waals surface area (Å²) < 4.78 is 23.2. The van der Waals surface area contributed by atoms with Gasteiger partial charge in [0, 0.05) is 17.9 Å². The number of rotatable bonds is 5. The average molecular weight is 297 g/mol. The first-order valence-corrected chi connectivity index (χ1v) is 8.49. The molecule has 5 N–H and O–H groups in total. The summed E-state index contributed by atoms with van der Waals surface area (Å²) in [4.78, 5) is 0.0964. The molecule has 2 rings (SSSR count). The second-order valence-corrected chi connectivity index (χ2v) is 7.33. The lowest BCUT2D eigenvalue weighted by Crippen LogP contribution is -2.36. The van der Waals surface area contributed by atoms with Crippen molar-refractivity contribution in [2.45, 2.75) is 44.4 Å². The van der Waals surface area contributed by atoms with Gasteiger partial charge in [0.05, 0.1) is 4.90 Å². The van der Waals surface area contributed by atoms with Crippen molar-refractivity contribution in [3.8, 4) is 0 Å². The van der Waals surface area contributed by atoms with Crippen molar-refractivity contribution >= 4 is 21.4 Å². The van der Waals surface area contributed by atoms with Crippen molar-refractivity contribution in [3.05, 3.63) is 17.7 Å². The van der Waals surface area contributed by atoms with Gasteiger partial charge in [-0.3, -0.25) is 0 Å². The van der Waals surface area contributed by atoms with Crippen LogP contribution in [0.15, 0.2) is 17.0 Å². The van der Waals surface area contributed by atoms with E-state index in [9.17, 15) is 8.42 Å². The van der Waals surface area contributed by atoms with Gasteiger partial charge in [-0.25, -0.2) is 13.6 Å². The molecule has 1 aliphatic carbocycles.